The number of aliphatic hydroxyl groups excluding tert-OH is 2. The van der Waals surface area contributed by atoms with Gasteiger partial charge in [-0.2, -0.15) is 0 Å². The van der Waals surface area contributed by atoms with Crippen LogP contribution in [0, 0.1) is 51.8 Å². The van der Waals surface area contributed by atoms with Gasteiger partial charge in [-0.25, -0.2) is 0 Å². The minimum atomic E-state index is -1.10. The number of carbonyl (C=O) groups is 1. The van der Waals surface area contributed by atoms with Crippen LogP contribution in [0.3, 0.4) is 0 Å². The monoisotopic (exact) mass is 505 g/mol. The van der Waals surface area contributed by atoms with E-state index in [0.717, 1.165) is 49.4 Å². The molecule has 0 saturated heterocycles. The van der Waals surface area contributed by atoms with Gasteiger partial charge in [-0.15, -0.1) is 0 Å². The molecule has 0 bridgehead atoms. The van der Waals surface area contributed by atoms with Crippen LogP contribution in [-0.2, 0) is 4.79 Å². The zero-order valence-electron chi connectivity index (χ0n) is 24.0. The highest BCUT2D eigenvalue weighted by atomic mass is 16.3. The maximum atomic E-state index is 12.8. The molecule has 3 unspecified atom stereocenters. The molecule has 0 aromatic heterocycles. The number of hydrogen-bond acceptors (Lipinski definition) is 4. The van der Waals surface area contributed by atoms with Crippen LogP contribution in [0.5, 0.6) is 0 Å². The Hall–Kier alpha value is -0.650. The van der Waals surface area contributed by atoms with Crippen LogP contribution < -0.4 is 5.32 Å². The van der Waals surface area contributed by atoms with Gasteiger partial charge in [-0.3, -0.25) is 4.79 Å². The van der Waals surface area contributed by atoms with Gasteiger partial charge in [-0.1, -0.05) is 20.8 Å². The molecule has 1 amide bonds. The Bertz CT molecular complexity index is 788. The summed E-state index contributed by atoms with van der Waals surface area (Å²) in [4.78, 5) is 12.8. The van der Waals surface area contributed by atoms with Crippen molar-refractivity contribution in [1.29, 1.82) is 0 Å². The van der Waals surface area contributed by atoms with E-state index in [1.807, 2.05) is 13.8 Å². The number of rotatable bonds is 8. The molecular weight excluding hydrogens is 450 g/mol. The first-order valence-corrected chi connectivity index (χ1v) is 15.0. The third-order valence-electron chi connectivity index (χ3n) is 12.2. The summed E-state index contributed by atoms with van der Waals surface area (Å²) in [5, 5.41) is 32.7. The van der Waals surface area contributed by atoms with Crippen molar-refractivity contribution >= 4 is 5.91 Å². The quantitative estimate of drug-likeness (QED) is 0.360. The Morgan fingerprint density at radius 3 is 2.22 bits per heavy atom. The lowest BCUT2D eigenvalue weighted by molar-refractivity contribution is -0.139. The summed E-state index contributed by atoms with van der Waals surface area (Å²) in [6, 6.07) is 0.158. The van der Waals surface area contributed by atoms with Gasteiger partial charge in [0.1, 0.15) is 0 Å². The first-order chi connectivity index (χ1) is 16.8. The van der Waals surface area contributed by atoms with E-state index in [1.165, 1.54) is 44.9 Å². The molecule has 0 aliphatic heterocycles. The van der Waals surface area contributed by atoms with E-state index in [2.05, 4.69) is 26.1 Å². The largest absolute Gasteiger partial charge is 0.395 e. The smallest absolute Gasteiger partial charge is 0.230 e. The zero-order chi connectivity index (χ0) is 26.5. The van der Waals surface area contributed by atoms with Crippen molar-refractivity contribution in [2.24, 2.45) is 51.8 Å². The molecule has 0 aromatic rings. The Kier molecular flexibility index (Phi) is 8.00. The number of fused-ring (bicyclic) bond motifs is 5. The number of nitrogens with one attached hydrogen (secondary N) is 1. The van der Waals surface area contributed by atoms with Gasteiger partial charge < -0.3 is 20.6 Å². The molecule has 4 saturated carbocycles. The highest BCUT2D eigenvalue weighted by molar-refractivity contribution is 5.82. The maximum absolute atomic E-state index is 12.8. The maximum Gasteiger partial charge on any atom is 0.230 e. The van der Waals surface area contributed by atoms with Crippen LogP contribution in [0.1, 0.15) is 112 Å². The van der Waals surface area contributed by atoms with Crippen LogP contribution in [-0.4, -0.2) is 46.1 Å². The number of aliphatic hydroxyl groups is 3. The Morgan fingerprint density at radius 2 is 1.58 bits per heavy atom. The van der Waals surface area contributed by atoms with Gasteiger partial charge in [0.15, 0.2) is 0 Å². The van der Waals surface area contributed by atoms with Crippen molar-refractivity contribution in [3.8, 4) is 0 Å². The van der Waals surface area contributed by atoms with Crippen molar-refractivity contribution in [3.05, 3.63) is 0 Å². The van der Waals surface area contributed by atoms with Crippen LogP contribution in [0.15, 0.2) is 0 Å². The van der Waals surface area contributed by atoms with Crippen LogP contribution >= 0.6 is 0 Å². The van der Waals surface area contributed by atoms with E-state index in [9.17, 15) is 20.1 Å². The van der Waals surface area contributed by atoms with E-state index in [0.29, 0.717) is 22.7 Å². The molecule has 0 spiro atoms. The highest BCUT2D eigenvalue weighted by Gasteiger charge is 2.60. The van der Waals surface area contributed by atoms with Gasteiger partial charge in [0.05, 0.1) is 24.2 Å². The average Bonchev–Trinajstić information content (AvgIpc) is 3.19. The van der Waals surface area contributed by atoms with Gasteiger partial charge in [-0.05, 0) is 138 Å². The lowest BCUT2D eigenvalue weighted by atomic mass is 9.44. The average molecular weight is 506 g/mol. The van der Waals surface area contributed by atoms with E-state index >= 15 is 0 Å². The fraction of sp³-hybridized carbons (Fsp3) is 0.968. The second-order valence-electron chi connectivity index (χ2n) is 15.0. The predicted molar refractivity (Wildman–Crippen MR) is 144 cm³/mol. The van der Waals surface area contributed by atoms with E-state index < -0.39 is 11.0 Å². The molecule has 0 radical (unpaired) electrons. The lowest BCUT2D eigenvalue weighted by Crippen LogP contribution is -2.56. The van der Waals surface area contributed by atoms with Crippen LogP contribution in [0.2, 0.25) is 0 Å². The van der Waals surface area contributed by atoms with Gasteiger partial charge in [0.25, 0.3) is 0 Å². The molecule has 0 heterocycles. The van der Waals surface area contributed by atoms with Gasteiger partial charge in [0.2, 0.25) is 5.91 Å². The molecule has 4 aliphatic carbocycles. The minimum absolute atomic E-state index is 0.158. The summed E-state index contributed by atoms with van der Waals surface area (Å²) in [7, 11) is 0. The Balaban J connectivity index is 1.41. The third-order valence-corrected chi connectivity index (χ3v) is 12.2. The van der Waals surface area contributed by atoms with Crippen molar-refractivity contribution in [2.45, 2.75) is 124 Å². The molecule has 4 fully saturated rings. The topological polar surface area (TPSA) is 89.8 Å². The zero-order valence-corrected chi connectivity index (χ0v) is 24.0. The highest BCUT2D eigenvalue weighted by Crippen LogP contribution is 2.68. The number of hydrogen-bond donors (Lipinski definition) is 4. The summed E-state index contributed by atoms with van der Waals surface area (Å²) < 4.78 is 0. The fourth-order valence-corrected chi connectivity index (χ4v) is 9.70. The number of carbonyl (C=O) groups excluding carboxylic acids is 1. The molecule has 0 aromatic carbocycles. The van der Waals surface area contributed by atoms with Crippen molar-refractivity contribution in [1.82, 2.24) is 5.32 Å². The molecular formula is C31H55NO4. The van der Waals surface area contributed by atoms with Crippen LogP contribution in [0.25, 0.3) is 0 Å². The van der Waals surface area contributed by atoms with E-state index in [-0.39, 0.29) is 25.2 Å². The third kappa shape index (κ3) is 5.02. The summed E-state index contributed by atoms with van der Waals surface area (Å²) in [6.45, 7) is 12.5. The Morgan fingerprint density at radius 1 is 0.944 bits per heavy atom. The first kappa shape index (κ1) is 28.4. The van der Waals surface area contributed by atoms with Crippen molar-refractivity contribution < 1.29 is 20.1 Å². The predicted octanol–water partition coefficient (Wildman–Crippen LogP) is 5.31. The second-order valence-corrected chi connectivity index (χ2v) is 15.0. The number of amides is 1. The van der Waals surface area contributed by atoms with Gasteiger partial charge in [0, 0.05) is 6.04 Å². The fourth-order valence-electron chi connectivity index (χ4n) is 9.70. The van der Waals surface area contributed by atoms with Crippen molar-refractivity contribution in [2.75, 3.05) is 13.2 Å². The van der Waals surface area contributed by atoms with E-state index in [4.69, 9.17) is 0 Å². The molecule has 5 nitrogen and oxygen atoms in total. The van der Waals surface area contributed by atoms with Crippen LogP contribution in [0.4, 0.5) is 0 Å². The molecule has 5 heteroatoms. The van der Waals surface area contributed by atoms with Crippen molar-refractivity contribution in [3.63, 3.8) is 0 Å². The molecule has 36 heavy (non-hydrogen) atoms. The second kappa shape index (κ2) is 10.2. The molecule has 9 atom stereocenters. The lowest BCUT2D eigenvalue weighted by Gasteiger charge is -2.61. The summed E-state index contributed by atoms with van der Waals surface area (Å²) in [5.74, 6) is 4.40. The molecule has 4 aliphatic rings. The summed E-state index contributed by atoms with van der Waals surface area (Å²) in [6.07, 6.45) is 13.3. The normalized spacial score (nSPS) is 41.7. The standard InChI is InChI=1S/C31H55NO4/c1-20(11-14-28(2,3)36)24-9-10-25-23-8-7-21-17-22(32-27(35)29(4,18-33)19-34)12-15-30(21,5)26(23)13-16-31(24,25)6/h20-26,33-34,36H,7-19H2,1-6H3,(H,32,35)/t20-,21-,22-,23?,24-,25?,26?,30+,31-/m1/s1. The molecule has 208 valence electrons. The first-order valence-electron chi connectivity index (χ1n) is 15.0. The summed E-state index contributed by atoms with van der Waals surface area (Å²) >= 11 is 0. The summed E-state index contributed by atoms with van der Waals surface area (Å²) in [5.41, 5.74) is -0.846. The molecule has 4 rings (SSSR count). The minimum Gasteiger partial charge on any atom is -0.395 e. The van der Waals surface area contributed by atoms with Gasteiger partial charge >= 0.3 is 0 Å². The Labute approximate surface area is 220 Å². The molecule has 4 N–H and O–H groups in total. The SMILES string of the molecule is C[C@H](CCC(C)(C)O)[C@H]1CCC2C3CC[C@@H]4C[C@H](NC(=O)C(C)(CO)CO)CC[C@]4(C)C3CC[C@@]21C. The van der Waals surface area contributed by atoms with E-state index in [1.54, 1.807) is 6.92 Å².